The van der Waals surface area contributed by atoms with Crippen molar-refractivity contribution in [2.45, 2.75) is 19.6 Å². The second kappa shape index (κ2) is 14.3. The fraction of sp³-hybridized carbons (Fsp3) is 0.429. The van der Waals surface area contributed by atoms with E-state index in [0.717, 1.165) is 14.7 Å². The van der Waals surface area contributed by atoms with E-state index in [4.69, 9.17) is 30.6 Å². The third-order valence-corrected chi connectivity index (χ3v) is 4.48. The van der Waals surface area contributed by atoms with Gasteiger partial charge in [-0.2, -0.15) is 0 Å². The summed E-state index contributed by atoms with van der Waals surface area (Å²) < 4.78 is 0. The topological polar surface area (TPSA) is 234 Å². The van der Waals surface area contributed by atoms with Crippen LogP contribution in [0.2, 0.25) is 0 Å². The molecule has 0 aliphatic carbocycles. The maximum atomic E-state index is 11.1. The van der Waals surface area contributed by atoms with Crippen molar-refractivity contribution in [3.63, 3.8) is 0 Å². The Bertz CT molecular complexity index is 812. The van der Waals surface area contributed by atoms with Gasteiger partial charge in [-0.05, 0) is 16.7 Å². The first-order chi connectivity index (χ1) is 16.7. The molecule has 0 spiro atoms. The zero-order valence-electron chi connectivity index (χ0n) is 19.1. The second-order valence-corrected chi connectivity index (χ2v) is 7.96. The molecular formula is C21H27N3O12. The summed E-state index contributed by atoms with van der Waals surface area (Å²) in [6.07, 6.45) is 0. The molecule has 0 aromatic heterocycles. The molecule has 0 aliphatic heterocycles. The Morgan fingerprint density at radius 3 is 0.722 bits per heavy atom. The molecule has 1 rings (SSSR count). The van der Waals surface area contributed by atoms with Crippen LogP contribution in [0.1, 0.15) is 16.7 Å². The quantitative estimate of drug-likeness (QED) is 0.132. The number of aliphatic carboxylic acids is 6. The van der Waals surface area contributed by atoms with Crippen molar-refractivity contribution < 1.29 is 59.4 Å². The molecule has 36 heavy (non-hydrogen) atoms. The van der Waals surface area contributed by atoms with Gasteiger partial charge in [0.1, 0.15) is 0 Å². The van der Waals surface area contributed by atoms with Crippen molar-refractivity contribution in [1.29, 1.82) is 0 Å². The third-order valence-electron chi connectivity index (χ3n) is 4.48. The van der Waals surface area contributed by atoms with Crippen molar-refractivity contribution in [3.05, 3.63) is 34.9 Å². The van der Waals surface area contributed by atoms with Gasteiger partial charge in [-0.15, -0.1) is 0 Å². The van der Waals surface area contributed by atoms with Crippen LogP contribution in [-0.4, -0.2) is 120 Å². The van der Waals surface area contributed by atoms with Gasteiger partial charge in [0.05, 0.1) is 39.3 Å². The van der Waals surface area contributed by atoms with Crippen LogP contribution < -0.4 is 0 Å². The zero-order chi connectivity index (χ0) is 27.4. The van der Waals surface area contributed by atoms with Gasteiger partial charge in [0.2, 0.25) is 0 Å². The van der Waals surface area contributed by atoms with Crippen LogP contribution in [0.15, 0.2) is 18.2 Å². The lowest BCUT2D eigenvalue weighted by Crippen LogP contribution is -2.35. The highest BCUT2D eigenvalue weighted by Gasteiger charge is 2.19. The molecule has 15 heteroatoms. The number of hydrogen-bond donors (Lipinski definition) is 6. The van der Waals surface area contributed by atoms with Gasteiger partial charge in [-0.3, -0.25) is 43.5 Å². The second-order valence-electron chi connectivity index (χ2n) is 7.96. The van der Waals surface area contributed by atoms with Crippen LogP contribution in [0.3, 0.4) is 0 Å². The van der Waals surface area contributed by atoms with E-state index in [1.165, 1.54) is 18.2 Å². The number of nitrogens with zero attached hydrogens (tertiary/aromatic N) is 3. The molecule has 0 amide bonds. The van der Waals surface area contributed by atoms with Gasteiger partial charge in [0, 0.05) is 19.6 Å². The summed E-state index contributed by atoms with van der Waals surface area (Å²) in [5.41, 5.74) is 1.13. The molecule has 0 saturated carbocycles. The minimum Gasteiger partial charge on any atom is -0.480 e. The molecule has 6 N–H and O–H groups in total. The number of carboxylic acids is 6. The number of carboxylic acid groups (broad SMARTS) is 6. The fourth-order valence-corrected chi connectivity index (χ4v) is 3.54. The standard InChI is InChI=1S/C21H27N3O12/c25-16(26)7-22(8-17(27)28)4-13-1-14(5-23(9-18(29)30)10-19(31)32)3-15(2-13)6-24(11-20(33)34)12-21(35)36/h1-3H,4-12H2,(H,25,26)(H,27,28)(H,29,30)(H,31,32)(H,33,34)(H,35,36). The van der Waals surface area contributed by atoms with Crippen molar-refractivity contribution >= 4 is 35.8 Å². The highest BCUT2D eigenvalue weighted by molar-refractivity contribution is 5.73. The van der Waals surface area contributed by atoms with Gasteiger partial charge >= 0.3 is 35.8 Å². The molecule has 0 radical (unpaired) electrons. The average molecular weight is 513 g/mol. The Labute approximate surface area is 204 Å². The lowest BCUT2D eigenvalue weighted by Gasteiger charge is -2.23. The van der Waals surface area contributed by atoms with Crippen molar-refractivity contribution in [3.8, 4) is 0 Å². The largest absolute Gasteiger partial charge is 0.480 e. The molecule has 0 atom stereocenters. The molecule has 1 aromatic carbocycles. The summed E-state index contributed by atoms with van der Waals surface area (Å²) in [7, 11) is 0. The van der Waals surface area contributed by atoms with Crippen LogP contribution in [0.5, 0.6) is 0 Å². The fourth-order valence-electron chi connectivity index (χ4n) is 3.54. The maximum Gasteiger partial charge on any atom is 0.317 e. The summed E-state index contributed by atoms with van der Waals surface area (Å²) in [4.78, 5) is 70.2. The van der Waals surface area contributed by atoms with Gasteiger partial charge in [-0.25, -0.2) is 0 Å². The highest BCUT2D eigenvalue weighted by Crippen LogP contribution is 2.17. The SMILES string of the molecule is O=C(O)CN(CC(=O)O)Cc1cc(CN(CC(=O)O)CC(=O)O)cc(CN(CC(=O)O)CC(=O)O)c1. The van der Waals surface area contributed by atoms with Crippen molar-refractivity contribution in [2.24, 2.45) is 0 Å². The number of benzene rings is 1. The van der Waals surface area contributed by atoms with Crippen LogP contribution in [0.4, 0.5) is 0 Å². The summed E-state index contributed by atoms with van der Waals surface area (Å²) in [6.45, 7) is -4.18. The third kappa shape index (κ3) is 13.0. The van der Waals surface area contributed by atoms with Crippen LogP contribution in [0.25, 0.3) is 0 Å². The van der Waals surface area contributed by atoms with Crippen molar-refractivity contribution in [2.75, 3.05) is 39.3 Å². The monoisotopic (exact) mass is 513 g/mol. The minimum absolute atomic E-state index is 0.171. The van der Waals surface area contributed by atoms with E-state index in [9.17, 15) is 28.8 Å². The molecule has 15 nitrogen and oxygen atoms in total. The lowest BCUT2D eigenvalue weighted by atomic mass is 10.0. The van der Waals surface area contributed by atoms with Crippen LogP contribution in [-0.2, 0) is 48.4 Å². The summed E-state index contributed by atoms with van der Waals surface area (Å²) in [6, 6.07) is 4.53. The lowest BCUT2D eigenvalue weighted by molar-refractivity contribution is -0.144. The minimum atomic E-state index is -1.28. The van der Waals surface area contributed by atoms with Crippen LogP contribution in [0, 0.1) is 0 Å². The molecule has 1 aromatic rings. The average Bonchev–Trinajstić information content (AvgIpc) is 2.64. The van der Waals surface area contributed by atoms with E-state index in [1.807, 2.05) is 0 Å². The maximum absolute atomic E-state index is 11.1. The van der Waals surface area contributed by atoms with Crippen LogP contribution >= 0.6 is 0 Å². The predicted octanol–water partition coefficient (Wildman–Crippen LogP) is -1.40. The summed E-state index contributed by atoms with van der Waals surface area (Å²) in [5.74, 6) is -7.69. The summed E-state index contributed by atoms with van der Waals surface area (Å²) in [5, 5.41) is 54.5. The molecule has 0 saturated heterocycles. The Morgan fingerprint density at radius 1 is 0.417 bits per heavy atom. The normalized spacial score (nSPS) is 11.1. The summed E-state index contributed by atoms with van der Waals surface area (Å²) >= 11 is 0. The molecule has 0 unspecified atom stereocenters. The van der Waals surface area contributed by atoms with E-state index in [2.05, 4.69) is 0 Å². The molecule has 198 valence electrons. The van der Waals surface area contributed by atoms with E-state index in [1.54, 1.807) is 0 Å². The van der Waals surface area contributed by atoms with Crippen molar-refractivity contribution in [1.82, 2.24) is 14.7 Å². The Balaban J connectivity index is 3.39. The van der Waals surface area contributed by atoms with E-state index in [-0.39, 0.29) is 19.6 Å². The number of rotatable bonds is 18. The smallest absolute Gasteiger partial charge is 0.317 e. The van der Waals surface area contributed by atoms with E-state index >= 15 is 0 Å². The molecule has 0 heterocycles. The van der Waals surface area contributed by atoms with Gasteiger partial charge in [0.15, 0.2) is 0 Å². The molecule has 0 aliphatic rings. The van der Waals surface area contributed by atoms with Gasteiger partial charge in [-0.1, -0.05) is 18.2 Å². The first kappa shape index (κ1) is 30.0. The van der Waals surface area contributed by atoms with Gasteiger partial charge < -0.3 is 30.6 Å². The molecular weight excluding hydrogens is 486 g/mol. The molecule has 0 bridgehead atoms. The zero-order valence-corrected chi connectivity index (χ0v) is 19.1. The number of carbonyl (C=O) groups is 6. The predicted molar refractivity (Wildman–Crippen MR) is 118 cm³/mol. The highest BCUT2D eigenvalue weighted by atomic mass is 16.4. The Morgan fingerprint density at radius 2 is 0.583 bits per heavy atom. The Kier molecular flexibility index (Phi) is 11.9. The molecule has 0 fully saturated rings. The van der Waals surface area contributed by atoms with Gasteiger partial charge in [0.25, 0.3) is 0 Å². The Hall–Kier alpha value is -4.08. The first-order valence-corrected chi connectivity index (χ1v) is 10.3. The number of hydrogen-bond acceptors (Lipinski definition) is 9. The van der Waals surface area contributed by atoms with E-state index < -0.39 is 75.1 Å². The first-order valence-electron chi connectivity index (χ1n) is 10.3. The van der Waals surface area contributed by atoms with E-state index in [0.29, 0.717) is 16.7 Å².